The molecule has 0 aromatic heterocycles. The molecule has 13 heavy (non-hydrogen) atoms. The Bertz CT molecular complexity index is 374. The van der Waals surface area contributed by atoms with Crippen molar-refractivity contribution in [3.63, 3.8) is 0 Å². The predicted molar refractivity (Wildman–Crippen MR) is 55.8 cm³/mol. The fourth-order valence-electron chi connectivity index (χ4n) is 0.796. The highest BCUT2D eigenvalue weighted by molar-refractivity contribution is 9.09. The molecule has 1 rings (SSSR count). The second kappa shape index (κ2) is 4.08. The average Bonchev–Trinajstić information content (AvgIpc) is 2.09. The SMILES string of the molecule is Cc1ccc(NS(=O)(=O)NBr)cc1. The van der Waals surface area contributed by atoms with Crippen LogP contribution in [0.15, 0.2) is 24.3 Å². The van der Waals surface area contributed by atoms with Gasteiger partial charge in [0.15, 0.2) is 0 Å². The van der Waals surface area contributed by atoms with Gasteiger partial charge in [0.1, 0.15) is 0 Å². The summed E-state index contributed by atoms with van der Waals surface area (Å²) in [6.45, 7) is 1.93. The van der Waals surface area contributed by atoms with Crippen molar-refractivity contribution in [1.29, 1.82) is 0 Å². The third-order valence-electron chi connectivity index (χ3n) is 1.41. The molecule has 0 aliphatic rings. The second-order valence-electron chi connectivity index (χ2n) is 2.55. The first-order valence-electron chi connectivity index (χ1n) is 3.50. The summed E-state index contributed by atoms with van der Waals surface area (Å²) in [5, 5.41) is 0. The highest BCUT2D eigenvalue weighted by Crippen LogP contribution is 2.09. The molecule has 0 fully saturated rings. The predicted octanol–water partition coefficient (Wildman–Crippen LogP) is 1.55. The van der Waals surface area contributed by atoms with E-state index < -0.39 is 10.2 Å². The Morgan fingerprint density at radius 1 is 1.23 bits per heavy atom. The van der Waals surface area contributed by atoms with Gasteiger partial charge in [-0.1, -0.05) is 17.7 Å². The minimum absolute atomic E-state index is 0.526. The molecule has 1 aromatic rings. The maximum atomic E-state index is 11.0. The minimum Gasteiger partial charge on any atom is -0.270 e. The Hall–Kier alpha value is -0.590. The van der Waals surface area contributed by atoms with Gasteiger partial charge in [0.2, 0.25) is 0 Å². The van der Waals surface area contributed by atoms with Crippen LogP contribution >= 0.6 is 16.1 Å². The molecular formula is C7H9BrN2O2S. The van der Waals surface area contributed by atoms with Gasteiger partial charge in [-0.25, -0.2) is 0 Å². The Balaban J connectivity index is 2.82. The van der Waals surface area contributed by atoms with Gasteiger partial charge in [-0.05, 0) is 19.1 Å². The van der Waals surface area contributed by atoms with E-state index >= 15 is 0 Å². The van der Waals surface area contributed by atoms with Gasteiger partial charge < -0.3 is 0 Å². The third-order valence-corrected chi connectivity index (χ3v) is 3.39. The van der Waals surface area contributed by atoms with E-state index in [-0.39, 0.29) is 0 Å². The van der Waals surface area contributed by atoms with Gasteiger partial charge in [-0.2, -0.15) is 8.42 Å². The van der Waals surface area contributed by atoms with Gasteiger partial charge in [-0.15, -0.1) is 3.75 Å². The van der Waals surface area contributed by atoms with E-state index in [4.69, 9.17) is 0 Å². The molecule has 0 atom stereocenters. The van der Waals surface area contributed by atoms with E-state index in [0.29, 0.717) is 5.69 Å². The minimum atomic E-state index is -3.47. The molecule has 0 unspecified atom stereocenters. The van der Waals surface area contributed by atoms with E-state index in [9.17, 15) is 8.42 Å². The molecule has 72 valence electrons. The number of benzene rings is 1. The van der Waals surface area contributed by atoms with Crippen LogP contribution in [-0.4, -0.2) is 8.42 Å². The summed E-state index contributed by atoms with van der Waals surface area (Å²) >= 11 is 2.64. The van der Waals surface area contributed by atoms with Crippen molar-refractivity contribution in [2.24, 2.45) is 0 Å². The molecule has 1 aromatic carbocycles. The lowest BCUT2D eigenvalue weighted by Crippen LogP contribution is -2.21. The van der Waals surface area contributed by atoms with Crippen molar-refractivity contribution >= 4 is 32.0 Å². The van der Waals surface area contributed by atoms with Crippen LogP contribution < -0.4 is 8.47 Å². The number of nitrogens with one attached hydrogen (secondary N) is 2. The maximum absolute atomic E-state index is 11.0. The highest BCUT2D eigenvalue weighted by Gasteiger charge is 2.05. The Kier molecular flexibility index (Phi) is 3.29. The number of anilines is 1. The number of hydrogen-bond acceptors (Lipinski definition) is 2. The molecule has 0 radical (unpaired) electrons. The average molecular weight is 265 g/mol. The van der Waals surface area contributed by atoms with Crippen LogP contribution in [0, 0.1) is 6.92 Å². The Morgan fingerprint density at radius 2 is 1.77 bits per heavy atom. The standard InChI is InChI=1S/C7H9BrN2O2S/c1-6-2-4-7(5-3-6)9-13(11,12)10-8/h2-5,9-10H,1H3. The molecule has 0 aliphatic carbocycles. The summed E-state index contributed by atoms with van der Waals surface area (Å²) in [5.41, 5.74) is 1.60. The van der Waals surface area contributed by atoms with Crippen LogP contribution in [0.3, 0.4) is 0 Å². The van der Waals surface area contributed by atoms with Gasteiger partial charge in [0.25, 0.3) is 0 Å². The molecule has 0 saturated heterocycles. The van der Waals surface area contributed by atoms with E-state index in [1.807, 2.05) is 22.8 Å². The van der Waals surface area contributed by atoms with Crippen LogP contribution in [0.25, 0.3) is 0 Å². The summed E-state index contributed by atoms with van der Waals surface area (Å²) in [6.07, 6.45) is 0. The summed E-state index contributed by atoms with van der Waals surface area (Å²) < 4.78 is 26.3. The van der Waals surface area contributed by atoms with E-state index in [0.717, 1.165) is 5.56 Å². The third kappa shape index (κ3) is 3.33. The first kappa shape index (κ1) is 10.5. The van der Waals surface area contributed by atoms with Gasteiger partial charge in [0.05, 0.1) is 0 Å². The monoisotopic (exact) mass is 264 g/mol. The van der Waals surface area contributed by atoms with Crippen molar-refractivity contribution in [1.82, 2.24) is 3.75 Å². The van der Waals surface area contributed by atoms with Crippen LogP contribution in [0.4, 0.5) is 5.69 Å². The van der Waals surface area contributed by atoms with Crippen molar-refractivity contribution in [2.75, 3.05) is 4.72 Å². The second-order valence-corrected chi connectivity index (χ2v) is 4.89. The number of halogens is 1. The lowest BCUT2D eigenvalue weighted by molar-refractivity contribution is 0.600. The van der Waals surface area contributed by atoms with Crippen LogP contribution in [-0.2, 0) is 10.2 Å². The number of rotatable bonds is 3. The molecular weight excluding hydrogens is 256 g/mol. The van der Waals surface area contributed by atoms with Gasteiger partial charge in [-0.3, -0.25) is 4.72 Å². The van der Waals surface area contributed by atoms with Crippen molar-refractivity contribution in [2.45, 2.75) is 6.92 Å². The zero-order valence-corrected chi connectivity index (χ0v) is 9.31. The molecule has 2 N–H and O–H groups in total. The summed E-state index contributed by atoms with van der Waals surface area (Å²) in [7, 11) is -3.47. The van der Waals surface area contributed by atoms with Crippen molar-refractivity contribution < 1.29 is 8.42 Å². The fourth-order valence-corrected chi connectivity index (χ4v) is 1.52. The Morgan fingerprint density at radius 3 is 2.23 bits per heavy atom. The molecule has 6 heteroatoms. The first-order valence-corrected chi connectivity index (χ1v) is 5.78. The van der Waals surface area contributed by atoms with Gasteiger partial charge >= 0.3 is 10.2 Å². The summed E-state index contributed by atoms with van der Waals surface area (Å²) in [6, 6.07) is 7.03. The maximum Gasteiger partial charge on any atom is 0.308 e. The molecule has 0 heterocycles. The van der Waals surface area contributed by atoms with Crippen molar-refractivity contribution in [3.8, 4) is 0 Å². The van der Waals surface area contributed by atoms with E-state index in [1.165, 1.54) is 0 Å². The number of aryl methyl sites for hydroxylation is 1. The zero-order chi connectivity index (χ0) is 9.90. The lowest BCUT2D eigenvalue weighted by Gasteiger charge is -2.04. The summed E-state index contributed by atoms with van der Waals surface area (Å²) in [5.74, 6) is 0. The first-order chi connectivity index (χ1) is 6.03. The van der Waals surface area contributed by atoms with Crippen LogP contribution in [0.2, 0.25) is 0 Å². The normalized spacial score (nSPS) is 11.2. The van der Waals surface area contributed by atoms with Crippen LogP contribution in [0.1, 0.15) is 5.56 Å². The molecule has 0 aliphatic heterocycles. The van der Waals surface area contributed by atoms with E-state index in [2.05, 4.69) is 20.9 Å². The summed E-state index contributed by atoms with van der Waals surface area (Å²) in [4.78, 5) is 0. The molecule has 0 saturated carbocycles. The van der Waals surface area contributed by atoms with Crippen LogP contribution in [0.5, 0.6) is 0 Å². The van der Waals surface area contributed by atoms with Gasteiger partial charge in [0, 0.05) is 21.8 Å². The molecule has 0 amide bonds. The molecule has 0 spiro atoms. The molecule has 0 bridgehead atoms. The topological polar surface area (TPSA) is 58.2 Å². The fraction of sp³-hybridized carbons (Fsp3) is 0.143. The zero-order valence-electron chi connectivity index (χ0n) is 6.91. The van der Waals surface area contributed by atoms with E-state index in [1.54, 1.807) is 12.1 Å². The Labute approximate surface area is 85.9 Å². The molecule has 4 nitrogen and oxygen atoms in total. The quantitative estimate of drug-likeness (QED) is 0.815. The largest absolute Gasteiger partial charge is 0.308 e. The smallest absolute Gasteiger partial charge is 0.270 e. The number of hydrogen-bond donors (Lipinski definition) is 2. The highest BCUT2D eigenvalue weighted by atomic mass is 79.9. The lowest BCUT2D eigenvalue weighted by atomic mass is 10.2. The van der Waals surface area contributed by atoms with Crippen molar-refractivity contribution in [3.05, 3.63) is 29.8 Å².